The number of aromatic nitrogens is 7. The number of nitrogens with one attached hydrogen (secondary N) is 1. The molecule has 1 N–H and O–H groups in total. The van der Waals surface area contributed by atoms with Crippen LogP contribution in [0, 0.1) is 11.8 Å². The fourth-order valence-electron chi connectivity index (χ4n) is 5.01. The molecule has 0 bridgehead atoms. The van der Waals surface area contributed by atoms with Crippen LogP contribution in [-0.4, -0.2) is 46.7 Å². The first-order chi connectivity index (χ1) is 17.6. The predicted octanol–water partition coefficient (Wildman–Crippen LogP) is 4.10. The van der Waals surface area contributed by atoms with Crippen molar-refractivity contribution in [1.29, 1.82) is 0 Å². The van der Waals surface area contributed by atoms with Crippen LogP contribution >= 0.6 is 15.9 Å². The van der Waals surface area contributed by atoms with Crippen LogP contribution < -0.4 is 5.32 Å². The lowest BCUT2D eigenvalue weighted by atomic mass is 10.0. The summed E-state index contributed by atoms with van der Waals surface area (Å²) >= 11 is 3.56. The van der Waals surface area contributed by atoms with E-state index in [1.165, 1.54) is 0 Å². The zero-order chi connectivity index (χ0) is 24.5. The second kappa shape index (κ2) is 9.77. The summed E-state index contributed by atoms with van der Waals surface area (Å²) in [5.41, 5.74) is 2.62. The van der Waals surface area contributed by atoms with E-state index in [0.717, 1.165) is 65.7 Å². The minimum atomic E-state index is 0.0485. The summed E-state index contributed by atoms with van der Waals surface area (Å²) in [5, 5.41) is 9.66. The Labute approximate surface area is 216 Å². The third-order valence-electron chi connectivity index (χ3n) is 6.87. The first kappa shape index (κ1) is 22.8. The van der Waals surface area contributed by atoms with Gasteiger partial charge in [-0.2, -0.15) is 5.10 Å². The van der Waals surface area contributed by atoms with E-state index < -0.39 is 0 Å². The lowest BCUT2D eigenvalue weighted by Crippen LogP contribution is -2.32. The molecular formula is C26H25BrN8O. The fraction of sp³-hybridized carbons (Fsp3) is 0.308. The number of imidazole rings is 1. The summed E-state index contributed by atoms with van der Waals surface area (Å²) in [6, 6.07) is 10.0. The van der Waals surface area contributed by atoms with Gasteiger partial charge in [0.25, 0.3) is 0 Å². The molecule has 182 valence electrons. The van der Waals surface area contributed by atoms with Crippen LogP contribution in [0.3, 0.4) is 0 Å². The molecule has 6 rings (SSSR count). The average Bonchev–Trinajstić information content (AvgIpc) is 3.65. The van der Waals surface area contributed by atoms with Gasteiger partial charge in [0.1, 0.15) is 10.4 Å². The summed E-state index contributed by atoms with van der Waals surface area (Å²) < 4.78 is 4.52. The van der Waals surface area contributed by atoms with Gasteiger partial charge in [-0.1, -0.05) is 6.07 Å². The zero-order valence-corrected chi connectivity index (χ0v) is 21.2. The smallest absolute Gasteiger partial charge is 0.223 e. The number of rotatable bonds is 7. The predicted molar refractivity (Wildman–Crippen MR) is 139 cm³/mol. The van der Waals surface area contributed by atoms with E-state index in [2.05, 4.69) is 47.4 Å². The second-order valence-corrected chi connectivity index (χ2v) is 10.0. The van der Waals surface area contributed by atoms with Crippen molar-refractivity contribution in [2.75, 3.05) is 6.54 Å². The summed E-state index contributed by atoms with van der Waals surface area (Å²) in [4.78, 5) is 30.6. The van der Waals surface area contributed by atoms with E-state index >= 15 is 0 Å². The van der Waals surface area contributed by atoms with Crippen molar-refractivity contribution in [3.8, 4) is 5.69 Å². The number of hydrogen-bond acceptors (Lipinski definition) is 6. The SMILES string of the molecule is O=C(NCCn1ccnc1)[C@@H]1CC[C@@H](Cc2ncc3c(Br)nn(-c4ccc5ncccc5c4)c3n2)C1. The third-order valence-corrected chi connectivity index (χ3v) is 7.46. The van der Waals surface area contributed by atoms with Crippen LogP contribution in [0.5, 0.6) is 0 Å². The molecule has 0 unspecified atom stereocenters. The average molecular weight is 545 g/mol. The molecular weight excluding hydrogens is 520 g/mol. The van der Waals surface area contributed by atoms with Crippen LogP contribution in [0.4, 0.5) is 0 Å². The van der Waals surface area contributed by atoms with Gasteiger partial charge >= 0.3 is 0 Å². The van der Waals surface area contributed by atoms with Crippen molar-refractivity contribution in [3.05, 3.63) is 71.9 Å². The van der Waals surface area contributed by atoms with Crippen molar-refractivity contribution in [2.45, 2.75) is 32.2 Å². The van der Waals surface area contributed by atoms with E-state index in [4.69, 9.17) is 4.98 Å². The molecule has 1 aliphatic rings. The summed E-state index contributed by atoms with van der Waals surface area (Å²) in [7, 11) is 0. The van der Waals surface area contributed by atoms with Gasteiger partial charge < -0.3 is 9.88 Å². The molecule has 0 saturated heterocycles. The van der Waals surface area contributed by atoms with Crippen molar-refractivity contribution in [2.24, 2.45) is 11.8 Å². The van der Waals surface area contributed by atoms with Crippen LogP contribution in [0.15, 0.2) is 66.0 Å². The van der Waals surface area contributed by atoms with Crippen molar-refractivity contribution >= 4 is 43.8 Å². The highest BCUT2D eigenvalue weighted by atomic mass is 79.9. The summed E-state index contributed by atoms with van der Waals surface area (Å²) in [5.74, 6) is 1.36. The van der Waals surface area contributed by atoms with Gasteiger partial charge in [-0.15, -0.1) is 0 Å². The van der Waals surface area contributed by atoms with Gasteiger partial charge in [0.15, 0.2) is 5.65 Å². The van der Waals surface area contributed by atoms with Crippen molar-refractivity contribution in [3.63, 3.8) is 0 Å². The highest BCUT2D eigenvalue weighted by Crippen LogP contribution is 2.33. The number of pyridine rings is 1. The molecule has 0 aliphatic heterocycles. The molecule has 0 spiro atoms. The molecule has 1 fully saturated rings. The molecule has 4 heterocycles. The normalized spacial score (nSPS) is 17.7. The number of halogens is 1. The van der Waals surface area contributed by atoms with Gasteiger partial charge in [-0.3, -0.25) is 9.78 Å². The minimum absolute atomic E-state index is 0.0485. The zero-order valence-electron chi connectivity index (χ0n) is 19.6. The maximum absolute atomic E-state index is 12.7. The number of fused-ring (bicyclic) bond motifs is 2. The Morgan fingerprint density at radius 3 is 3.00 bits per heavy atom. The van der Waals surface area contributed by atoms with Crippen LogP contribution in [0.2, 0.25) is 0 Å². The van der Waals surface area contributed by atoms with Crippen LogP contribution in [0.1, 0.15) is 25.1 Å². The molecule has 5 aromatic rings. The van der Waals surface area contributed by atoms with E-state index in [1.54, 1.807) is 18.7 Å². The van der Waals surface area contributed by atoms with E-state index in [1.807, 2.05) is 45.9 Å². The van der Waals surface area contributed by atoms with E-state index in [0.29, 0.717) is 17.1 Å². The fourth-order valence-corrected chi connectivity index (χ4v) is 5.44. The van der Waals surface area contributed by atoms with Gasteiger partial charge in [0, 0.05) is 55.6 Å². The Morgan fingerprint density at radius 2 is 2.11 bits per heavy atom. The monoisotopic (exact) mass is 544 g/mol. The van der Waals surface area contributed by atoms with Gasteiger partial charge in [0.05, 0.1) is 22.9 Å². The number of carbonyl (C=O) groups is 1. The molecule has 9 nitrogen and oxygen atoms in total. The molecule has 0 radical (unpaired) electrons. The maximum Gasteiger partial charge on any atom is 0.223 e. The standard InChI is InChI=1S/C26H25BrN8O/c27-24-21-15-31-23(13-17-3-4-19(12-17)26(36)30-9-11-34-10-8-28-16-34)32-25(21)35(33-24)20-5-6-22-18(14-20)2-1-7-29-22/h1-2,5-8,10,14-17,19H,3-4,9,11-13H2,(H,30,36)/t17-,19-/m1/s1. The molecule has 1 saturated carbocycles. The number of nitrogens with zero attached hydrogens (tertiary/aromatic N) is 7. The molecule has 1 aromatic carbocycles. The van der Waals surface area contributed by atoms with Crippen molar-refractivity contribution < 1.29 is 4.79 Å². The Hall–Kier alpha value is -3.66. The Kier molecular flexibility index (Phi) is 6.18. The summed E-state index contributed by atoms with van der Waals surface area (Å²) in [6.07, 6.45) is 12.5. The molecule has 2 atom stereocenters. The number of amides is 1. The maximum atomic E-state index is 12.7. The van der Waals surface area contributed by atoms with Gasteiger partial charge in [-0.05, 0) is 65.4 Å². The second-order valence-electron chi connectivity index (χ2n) is 9.28. The topological polar surface area (TPSA) is 103 Å². The van der Waals surface area contributed by atoms with Crippen LogP contribution in [-0.2, 0) is 17.8 Å². The van der Waals surface area contributed by atoms with Crippen LogP contribution in [0.25, 0.3) is 27.6 Å². The first-order valence-electron chi connectivity index (χ1n) is 12.1. The Balaban J connectivity index is 1.15. The number of carbonyl (C=O) groups excluding carboxylic acids is 1. The molecule has 1 aliphatic carbocycles. The number of hydrogen-bond donors (Lipinski definition) is 1. The Bertz CT molecular complexity index is 1530. The largest absolute Gasteiger partial charge is 0.354 e. The summed E-state index contributed by atoms with van der Waals surface area (Å²) in [6.45, 7) is 1.34. The molecule has 1 amide bonds. The minimum Gasteiger partial charge on any atom is -0.354 e. The van der Waals surface area contributed by atoms with Crippen molar-refractivity contribution in [1.82, 2.24) is 39.6 Å². The van der Waals surface area contributed by atoms with Gasteiger partial charge in [0.2, 0.25) is 5.91 Å². The van der Waals surface area contributed by atoms with Gasteiger partial charge in [-0.25, -0.2) is 19.6 Å². The first-order valence-corrected chi connectivity index (χ1v) is 12.9. The highest BCUT2D eigenvalue weighted by molar-refractivity contribution is 9.10. The number of benzene rings is 1. The molecule has 4 aromatic heterocycles. The molecule has 36 heavy (non-hydrogen) atoms. The Morgan fingerprint density at radius 1 is 1.17 bits per heavy atom. The quantitative estimate of drug-likeness (QED) is 0.331. The highest BCUT2D eigenvalue weighted by Gasteiger charge is 2.30. The lowest BCUT2D eigenvalue weighted by molar-refractivity contribution is -0.124. The van der Waals surface area contributed by atoms with E-state index in [-0.39, 0.29) is 11.8 Å². The van der Waals surface area contributed by atoms with E-state index in [9.17, 15) is 4.79 Å². The third kappa shape index (κ3) is 4.60. The molecule has 10 heteroatoms. The lowest BCUT2D eigenvalue weighted by Gasteiger charge is -2.12.